The van der Waals surface area contributed by atoms with Gasteiger partial charge in [-0.2, -0.15) is 0 Å². The fourth-order valence-corrected chi connectivity index (χ4v) is 3.64. The Balaban J connectivity index is 0.000000561. The van der Waals surface area contributed by atoms with Gasteiger partial charge in [-0.05, 0) is 25.7 Å². The van der Waals surface area contributed by atoms with Crippen LogP contribution in [0.3, 0.4) is 0 Å². The predicted octanol–water partition coefficient (Wildman–Crippen LogP) is 6.97. The third kappa shape index (κ3) is 8.48. The molecule has 2 rings (SSSR count). The molecule has 0 heterocycles. The van der Waals surface area contributed by atoms with Crippen LogP contribution in [0, 0.1) is 5.41 Å². The van der Waals surface area contributed by atoms with Crippen molar-refractivity contribution in [1.29, 1.82) is 0 Å². The molecule has 2 aliphatic carbocycles. The maximum Gasteiger partial charge on any atom is 0.197 e. The van der Waals surface area contributed by atoms with Crippen LogP contribution in [-0.2, 0) is 19.2 Å². The lowest BCUT2D eigenvalue weighted by molar-refractivity contribution is -0.126. The van der Waals surface area contributed by atoms with E-state index in [2.05, 4.69) is 13.2 Å². The zero-order valence-corrected chi connectivity index (χ0v) is 21.3. The molecule has 0 unspecified atom stereocenters. The topological polar surface area (TPSA) is 68.3 Å². The second kappa shape index (κ2) is 14.2. The van der Waals surface area contributed by atoms with Gasteiger partial charge in [0, 0.05) is 33.9 Å². The van der Waals surface area contributed by atoms with Crippen LogP contribution in [0.1, 0.15) is 73.1 Å². The molecular formula is C26H34Cl2O4. The maximum atomic E-state index is 12.0. The lowest BCUT2D eigenvalue weighted by Gasteiger charge is -2.21. The first kappa shape index (κ1) is 30.0. The predicted molar refractivity (Wildman–Crippen MR) is 133 cm³/mol. The third-order valence-electron chi connectivity index (χ3n) is 4.62. The molecule has 0 aromatic rings. The van der Waals surface area contributed by atoms with Crippen molar-refractivity contribution in [2.45, 2.75) is 73.1 Å². The van der Waals surface area contributed by atoms with Crippen LogP contribution in [-0.4, -0.2) is 23.1 Å². The summed E-state index contributed by atoms with van der Waals surface area (Å²) in [6.45, 7) is 16.4. The number of allylic oxidation sites excluding steroid dienone is 8. The first-order valence-electron chi connectivity index (χ1n) is 10.8. The average Bonchev–Trinajstić information content (AvgIpc) is 2.73. The molecule has 0 saturated carbocycles. The molecule has 0 fully saturated rings. The summed E-state index contributed by atoms with van der Waals surface area (Å²) in [6.07, 6.45) is 7.97. The molecule has 0 saturated heterocycles. The van der Waals surface area contributed by atoms with Gasteiger partial charge in [-0.15, -0.1) is 0 Å². The van der Waals surface area contributed by atoms with Crippen LogP contribution < -0.4 is 0 Å². The first-order valence-corrected chi connectivity index (χ1v) is 11.6. The zero-order chi connectivity index (χ0) is 25.1. The van der Waals surface area contributed by atoms with E-state index in [9.17, 15) is 19.2 Å². The Bertz CT molecular complexity index is 865. The number of carbonyl (C=O) groups is 4. The SMILES string of the molecule is C=C/C=C(\C=C)C(=O)C1=C(Cl)CCCC1=O.CC.CC(C)(C)C(=O)C1=C(Cl)CCCC1=O. The van der Waals surface area contributed by atoms with Gasteiger partial charge in [-0.25, -0.2) is 0 Å². The monoisotopic (exact) mass is 480 g/mol. The van der Waals surface area contributed by atoms with Crippen LogP contribution in [0.15, 0.2) is 58.2 Å². The van der Waals surface area contributed by atoms with Crippen LogP contribution in [0.5, 0.6) is 0 Å². The Morgan fingerprint density at radius 2 is 1.28 bits per heavy atom. The van der Waals surface area contributed by atoms with Gasteiger partial charge in [-0.1, -0.05) is 89.2 Å². The quantitative estimate of drug-likeness (QED) is 0.242. The molecule has 0 atom stereocenters. The van der Waals surface area contributed by atoms with Crippen molar-refractivity contribution in [3.8, 4) is 0 Å². The highest BCUT2D eigenvalue weighted by Crippen LogP contribution is 2.31. The van der Waals surface area contributed by atoms with E-state index in [-0.39, 0.29) is 34.3 Å². The van der Waals surface area contributed by atoms with Crippen molar-refractivity contribution in [2.24, 2.45) is 5.41 Å². The molecule has 0 spiro atoms. The van der Waals surface area contributed by atoms with Gasteiger partial charge in [0.1, 0.15) is 0 Å². The number of ketones is 4. The summed E-state index contributed by atoms with van der Waals surface area (Å²) < 4.78 is 0. The number of halogens is 2. The molecule has 32 heavy (non-hydrogen) atoms. The normalized spacial score (nSPS) is 17.0. The zero-order valence-electron chi connectivity index (χ0n) is 19.8. The molecule has 0 radical (unpaired) electrons. The van der Waals surface area contributed by atoms with Crippen molar-refractivity contribution in [3.63, 3.8) is 0 Å². The summed E-state index contributed by atoms with van der Waals surface area (Å²) in [6, 6.07) is 0. The fraction of sp³-hybridized carbons (Fsp3) is 0.462. The van der Waals surface area contributed by atoms with E-state index in [0.717, 1.165) is 6.42 Å². The number of rotatable bonds is 5. The Morgan fingerprint density at radius 3 is 1.62 bits per heavy atom. The molecule has 0 aromatic carbocycles. The van der Waals surface area contributed by atoms with Crippen LogP contribution in [0.4, 0.5) is 0 Å². The summed E-state index contributed by atoms with van der Waals surface area (Å²) in [5.41, 5.74) is 0.174. The second-order valence-electron chi connectivity index (χ2n) is 8.08. The molecule has 2 aliphatic rings. The fourth-order valence-electron chi connectivity index (χ4n) is 2.99. The molecule has 0 bridgehead atoms. The maximum absolute atomic E-state index is 12.0. The van der Waals surface area contributed by atoms with Gasteiger partial charge >= 0.3 is 0 Å². The highest BCUT2D eigenvalue weighted by atomic mass is 35.5. The minimum atomic E-state index is -0.525. The lowest BCUT2D eigenvalue weighted by atomic mass is 9.82. The van der Waals surface area contributed by atoms with E-state index in [1.54, 1.807) is 20.8 Å². The standard InChI is InChI=1S/C13H13ClO2.C11H15ClO2.C2H6/c1-3-6-9(4-2)13(16)12-10(14)7-5-8-11(12)15;1-11(2,3)10(14)9-7(12)5-4-6-8(9)13;1-2/h3-4,6H,1-2,5,7-8H2;4-6H2,1-3H3;1-2H3/b9-6+;;. The number of carbonyl (C=O) groups excluding carboxylic acids is 4. The average molecular weight is 481 g/mol. The second-order valence-corrected chi connectivity index (χ2v) is 9.00. The molecular weight excluding hydrogens is 447 g/mol. The minimum absolute atomic E-state index is 0.0961. The van der Waals surface area contributed by atoms with Gasteiger partial charge in [0.25, 0.3) is 0 Å². The van der Waals surface area contributed by atoms with E-state index in [1.165, 1.54) is 18.2 Å². The summed E-state index contributed by atoms with van der Waals surface area (Å²) in [7, 11) is 0. The van der Waals surface area contributed by atoms with Gasteiger partial charge in [0.2, 0.25) is 0 Å². The highest BCUT2D eigenvalue weighted by molar-refractivity contribution is 6.39. The van der Waals surface area contributed by atoms with Gasteiger partial charge < -0.3 is 0 Å². The van der Waals surface area contributed by atoms with E-state index < -0.39 is 5.41 Å². The van der Waals surface area contributed by atoms with Crippen LogP contribution >= 0.6 is 23.2 Å². The van der Waals surface area contributed by atoms with E-state index >= 15 is 0 Å². The van der Waals surface area contributed by atoms with Crippen LogP contribution in [0.25, 0.3) is 0 Å². The largest absolute Gasteiger partial charge is 0.294 e. The molecule has 6 heteroatoms. The molecule has 4 nitrogen and oxygen atoms in total. The van der Waals surface area contributed by atoms with Crippen molar-refractivity contribution < 1.29 is 19.2 Å². The smallest absolute Gasteiger partial charge is 0.197 e. The first-order chi connectivity index (χ1) is 14.9. The summed E-state index contributed by atoms with van der Waals surface area (Å²) >= 11 is 11.8. The minimum Gasteiger partial charge on any atom is -0.294 e. The molecule has 0 aliphatic heterocycles. The number of Topliss-reactive ketones (excluding diaryl/α,β-unsaturated/α-hetero) is 4. The van der Waals surface area contributed by atoms with E-state index in [0.29, 0.717) is 47.7 Å². The third-order valence-corrected chi connectivity index (χ3v) is 5.37. The summed E-state index contributed by atoms with van der Waals surface area (Å²) in [5, 5.41) is 0.805. The van der Waals surface area contributed by atoms with Crippen molar-refractivity contribution in [1.82, 2.24) is 0 Å². The Morgan fingerprint density at radius 1 is 0.844 bits per heavy atom. The Labute approximate surface area is 202 Å². The van der Waals surface area contributed by atoms with E-state index in [1.807, 2.05) is 13.8 Å². The van der Waals surface area contributed by atoms with Crippen molar-refractivity contribution in [2.75, 3.05) is 0 Å². The molecule has 0 N–H and O–H groups in total. The van der Waals surface area contributed by atoms with Crippen molar-refractivity contribution in [3.05, 3.63) is 58.2 Å². The molecule has 176 valence electrons. The number of hydrogen-bond acceptors (Lipinski definition) is 4. The molecule has 0 aromatic heterocycles. The highest BCUT2D eigenvalue weighted by Gasteiger charge is 2.32. The number of hydrogen-bond donors (Lipinski definition) is 0. The van der Waals surface area contributed by atoms with Gasteiger partial charge in [0.15, 0.2) is 23.1 Å². The Hall–Kier alpha value is -2.04. The Kier molecular flexibility index (Phi) is 13.3. The summed E-state index contributed by atoms with van der Waals surface area (Å²) in [5.74, 6) is -0.768. The van der Waals surface area contributed by atoms with Crippen molar-refractivity contribution >= 4 is 46.3 Å². The van der Waals surface area contributed by atoms with E-state index in [4.69, 9.17) is 23.2 Å². The van der Waals surface area contributed by atoms with Gasteiger partial charge in [0.05, 0.1) is 11.1 Å². The van der Waals surface area contributed by atoms with Gasteiger partial charge in [-0.3, -0.25) is 19.2 Å². The van der Waals surface area contributed by atoms with Crippen LogP contribution in [0.2, 0.25) is 0 Å². The molecule has 0 amide bonds. The summed E-state index contributed by atoms with van der Waals surface area (Å²) in [4.78, 5) is 47.0. The lowest BCUT2D eigenvalue weighted by Crippen LogP contribution is -2.28.